The Balaban J connectivity index is 1.21. The molecule has 0 radical (unpaired) electrons. The number of rotatable bonds is 8. The molecule has 1 aromatic carbocycles. The molecule has 1 aliphatic carbocycles. The van der Waals surface area contributed by atoms with Crippen molar-refractivity contribution in [2.24, 2.45) is 0 Å². The molecule has 2 aliphatic rings. The van der Waals surface area contributed by atoms with Gasteiger partial charge in [-0.25, -0.2) is 0 Å². The number of para-hydroxylation sites is 1. The van der Waals surface area contributed by atoms with Crippen LogP contribution in [0.2, 0.25) is 0 Å². The van der Waals surface area contributed by atoms with Gasteiger partial charge in [-0.15, -0.1) is 10.2 Å². The summed E-state index contributed by atoms with van der Waals surface area (Å²) in [7, 11) is 0. The molecule has 1 N–H and O–H groups in total. The van der Waals surface area contributed by atoms with E-state index in [4.69, 9.17) is 4.74 Å². The predicted molar refractivity (Wildman–Crippen MR) is 126 cm³/mol. The van der Waals surface area contributed by atoms with Crippen molar-refractivity contribution in [1.29, 1.82) is 0 Å². The average Bonchev–Trinajstić information content (AvgIpc) is 3.50. The normalized spacial score (nSPS) is 17.9. The minimum absolute atomic E-state index is 0.00436. The van der Waals surface area contributed by atoms with Crippen LogP contribution in [-0.2, 0) is 9.59 Å². The molecule has 1 saturated heterocycles. The molecule has 0 spiro atoms. The number of nitrogens with zero attached hydrogens (tertiary/aromatic N) is 4. The van der Waals surface area contributed by atoms with Gasteiger partial charge in [0.25, 0.3) is 5.91 Å². The summed E-state index contributed by atoms with van der Waals surface area (Å²) in [5.41, 5.74) is 0. The molecule has 8 nitrogen and oxygen atoms in total. The summed E-state index contributed by atoms with van der Waals surface area (Å²) in [6, 6.07) is 9.74. The Morgan fingerprint density at radius 2 is 1.88 bits per heavy atom. The maximum absolute atomic E-state index is 12.7. The first kappa shape index (κ1) is 22.8. The Hall–Kier alpha value is -2.33. The number of nitrogens with one attached hydrogen (secondary N) is 1. The van der Waals surface area contributed by atoms with Crippen LogP contribution in [0.4, 0.5) is 5.13 Å². The fourth-order valence-corrected chi connectivity index (χ4v) is 5.69. The number of aromatic nitrogens is 2. The first-order valence-corrected chi connectivity index (χ1v) is 12.9. The Labute approximate surface area is 196 Å². The minimum atomic E-state index is -0.524. The highest BCUT2D eigenvalue weighted by molar-refractivity contribution is 8.01. The summed E-state index contributed by atoms with van der Waals surface area (Å²) >= 11 is 2.93. The zero-order chi connectivity index (χ0) is 22.3. The maximum Gasteiger partial charge on any atom is 0.263 e. The standard InChI is InChI=1S/C22H29N5O3S2/c1-16(30-18-9-3-2-4-10-18)20(29)26-11-13-27(14-12-26)21-24-25-22(32-21)31-15-19(28)23-17-7-5-6-8-17/h2-4,9-10,16-17H,5-8,11-15H2,1H3,(H,23,28). The first-order chi connectivity index (χ1) is 15.6. The fourth-order valence-electron chi connectivity index (χ4n) is 3.98. The molecule has 4 rings (SSSR count). The number of ether oxygens (including phenoxy) is 1. The molecule has 32 heavy (non-hydrogen) atoms. The van der Waals surface area contributed by atoms with Gasteiger partial charge < -0.3 is 19.9 Å². The zero-order valence-electron chi connectivity index (χ0n) is 18.2. The summed E-state index contributed by atoms with van der Waals surface area (Å²) in [6.45, 7) is 4.43. The van der Waals surface area contributed by atoms with Crippen LogP contribution >= 0.6 is 23.1 Å². The zero-order valence-corrected chi connectivity index (χ0v) is 19.9. The van der Waals surface area contributed by atoms with Gasteiger partial charge in [0.2, 0.25) is 11.0 Å². The largest absolute Gasteiger partial charge is 0.481 e. The number of hydrogen-bond acceptors (Lipinski definition) is 8. The van der Waals surface area contributed by atoms with Crippen LogP contribution in [0.1, 0.15) is 32.6 Å². The van der Waals surface area contributed by atoms with Crippen molar-refractivity contribution in [2.75, 3.05) is 36.8 Å². The molecule has 2 aromatic rings. The summed E-state index contributed by atoms with van der Waals surface area (Å²) in [5, 5.41) is 12.5. The average molecular weight is 476 g/mol. The van der Waals surface area contributed by atoms with E-state index in [-0.39, 0.29) is 11.8 Å². The number of amides is 2. The second kappa shape index (κ2) is 11.0. The van der Waals surface area contributed by atoms with E-state index in [1.807, 2.05) is 35.2 Å². The fraction of sp³-hybridized carbons (Fsp3) is 0.545. The number of carbonyl (C=O) groups is 2. The van der Waals surface area contributed by atoms with E-state index in [1.165, 1.54) is 35.9 Å². The molecule has 1 saturated carbocycles. The van der Waals surface area contributed by atoms with Crippen LogP contribution in [0.25, 0.3) is 0 Å². The summed E-state index contributed by atoms with van der Waals surface area (Å²) in [4.78, 5) is 28.8. The van der Waals surface area contributed by atoms with Gasteiger partial charge in [-0.2, -0.15) is 0 Å². The van der Waals surface area contributed by atoms with Crippen molar-refractivity contribution in [2.45, 2.75) is 49.1 Å². The molecule has 1 unspecified atom stereocenters. The van der Waals surface area contributed by atoms with Gasteiger partial charge in [-0.1, -0.05) is 54.1 Å². The molecule has 172 valence electrons. The number of benzene rings is 1. The number of anilines is 1. The minimum Gasteiger partial charge on any atom is -0.481 e. The third-order valence-corrected chi connectivity index (χ3v) is 7.83. The SMILES string of the molecule is CC(Oc1ccccc1)C(=O)N1CCN(c2nnc(SCC(=O)NC3CCCC3)s2)CC1. The highest BCUT2D eigenvalue weighted by Crippen LogP contribution is 2.29. The van der Waals surface area contributed by atoms with Gasteiger partial charge in [-0.3, -0.25) is 9.59 Å². The molecule has 1 atom stereocenters. The van der Waals surface area contributed by atoms with Crippen molar-refractivity contribution in [1.82, 2.24) is 20.4 Å². The molecular weight excluding hydrogens is 446 g/mol. The number of thioether (sulfide) groups is 1. The Bertz CT molecular complexity index is 896. The molecule has 1 aromatic heterocycles. The lowest BCUT2D eigenvalue weighted by molar-refractivity contribution is -0.138. The highest BCUT2D eigenvalue weighted by atomic mass is 32.2. The van der Waals surface area contributed by atoms with Crippen LogP contribution in [0.5, 0.6) is 5.75 Å². The van der Waals surface area contributed by atoms with E-state index >= 15 is 0 Å². The van der Waals surface area contributed by atoms with Gasteiger partial charge in [-0.05, 0) is 31.9 Å². The van der Waals surface area contributed by atoms with E-state index in [9.17, 15) is 9.59 Å². The lowest BCUT2D eigenvalue weighted by atomic mass is 10.2. The van der Waals surface area contributed by atoms with E-state index in [0.29, 0.717) is 43.7 Å². The summed E-state index contributed by atoms with van der Waals surface area (Å²) in [6.07, 6.45) is 4.06. The summed E-state index contributed by atoms with van der Waals surface area (Å²) < 4.78 is 6.57. The van der Waals surface area contributed by atoms with Crippen molar-refractivity contribution in [3.8, 4) is 5.75 Å². The molecule has 2 fully saturated rings. The van der Waals surface area contributed by atoms with Crippen molar-refractivity contribution in [3.05, 3.63) is 30.3 Å². The van der Waals surface area contributed by atoms with E-state index in [1.54, 1.807) is 6.92 Å². The lowest BCUT2D eigenvalue weighted by Gasteiger charge is -2.35. The van der Waals surface area contributed by atoms with Crippen LogP contribution in [0.15, 0.2) is 34.7 Å². The Morgan fingerprint density at radius 3 is 2.59 bits per heavy atom. The first-order valence-electron chi connectivity index (χ1n) is 11.1. The quantitative estimate of drug-likeness (QED) is 0.588. The third kappa shape index (κ3) is 6.13. The molecule has 0 bridgehead atoms. The van der Waals surface area contributed by atoms with Gasteiger partial charge >= 0.3 is 0 Å². The van der Waals surface area contributed by atoms with Crippen LogP contribution < -0.4 is 15.0 Å². The molecule has 10 heteroatoms. The highest BCUT2D eigenvalue weighted by Gasteiger charge is 2.27. The van der Waals surface area contributed by atoms with Crippen molar-refractivity contribution in [3.63, 3.8) is 0 Å². The van der Waals surface area contributed by atoms with Crippen LogP contribution in [-0.4, -0.2) is 71.0 Å². The van der Waals surface area contributed by atoms with Crippen molar-refractivity contribution < 1.29 is 14.3 Å². The summed E-state index contributed by atoms with van der Waals surface area (Å²) in [5.74, 6) is 1.13. The Morgan fingerprint density at radius 1 is 1.16 bits per heavy atom. The monoisotopic (exact) mass is 475 g/mol. The third-order valence-electron chi connectivity index (χ3n) is 5.71. The molecule has 2 heterocycles. The van der Waals surface area contributed by atoms with Crippen LogP contribution in [0.3, 0.4) is 0 Å². The van der Waals surface area contributed by atoms with E-state index in [2.05, 4.69) is 20.4 Å². The topological polar surface area (TPSA) is 87.7 Å². The lowest BCUT2D eigenvalue weighted by Crippen LogP contribution is -2.52. The number of piperazine rings is 1. The predicted octanol–water partition coefficient (Wildman–Crippen LogP) is 2.81. The smallest absolute Gasteiger partial charge is 0.263 e. The van der Waals surface area contributed by atoms with Gasteiger partial charge in [0.1, 0.15) is 5.75 Å². The molecular formula is C22H29N5O3S2. The number of hydrogen-bond donors (Lipinski definition) is 1. The van der Waals surface area contributed by atoms with Crippen molar-refractivity contribution >= 4 is 40.0 Å². The van der Waals surface area contributed by atoms with Gasteiger partial charge in [0.05, 0.1) is 5.75 Å². The second-order valence-corrected chi connectivity index (χ2v) is 10.3. The van der Waals surface area contributed by atoms with E-state index < -0.39 is 6.10 Å². The maximum atomic E-state index is 12.7. The Kier molecular flexibility index (Phi) is 7.85. The van der Waals surface area contributed by atoms with Gasteiger partial charge in [0.15, 0.2) is 10.4 Å². The van der Waals surface area contributed by atoms with E-state index in [0.717, 1.165) is 22.3 Å². The second-order valence-electron chi connectivity index (χ2n) is 8.07. The molecule has 1 aliphatic heterocycles. The molecule has 2 amide bonds. The van der Waals surface area contributed by atoms with Crippen LogP contribution in [0, 0.1) is 0 Å². The number of carbonyl (C=O) groups excluding carboxylic acids is 2. The van der Waals surface area contributed by atoms with Gasteiger partial charge in [0, 0.05) is 32.2 Å².